The molecule has 92 valence electrons. The van der Waals surface area contributed by atoms with Crippen molar-refractivity contribution in [2.75, 3.05) is 5.73 Å². The largest absolute Gasteiger partial charge is 0.432 e. The maximum Gasteiger partial charge on any atom is 0.387 e. The molecule has 0 atom stereocenters. The van der Waals surface area contributed by atoms with E-state index in [1.807, 2.05) is 0 Å². The van der Waals surface area contributed by atoms with Gasteiger partial charge in [0.05, 0.1) is 16.2 Å². The molecule has 0 aliphatic rings. The lowest BCUT2D eigenvalue weighted by Crippen LogP contribution is -2.09. The first kappa shape index (κ1) is 12.8. The maximum absolute atomic E-state index is 12.1. The van der Waals surface area contributed by atoms with Crippen LogP contribution in [0.3, 0.4) is 0 Å². The number of ketones is 1. The van der Waals surface area contributed by atoms with Crippen LogP contribution in [0.25, 0.3) is 0 Å². The van der Waals surface area contributed by atoms with Gasteiger partial charge in [0, 0.05) is 12.1 Å². The molecule has 8 heteroatoms. The molecule has 2 N–H and O–H groups in total. The van der Waals surface area contributed by atoms with Crippen molar-refractivity contribution in [2.24, 2.45) is 0 Å². The second kappa shape index (κ2) is 4.73. The number of nitro groups is 1. The number of halogens is 2. The summed E-state index contributed by atoms with van der Waals surface area (Å²) in [4.78, 5) is 20.9. The number of benzene rings is 1. The second-order valence-electron chi connectivity index (χ2n) is 3.10. The number of alkyl halides is 2. The Morgan fingerprint density at radius 2 is 2.12 bits per heavy atom. The van der Waals surface area contributed by atoms with E-state index in [-0.39, 0.29) is 11.3 Å². The number of hydrogen-bond donors (Lipinski definition) is 1. The highest BCUT2D eigenvalue weighted by Crippen LogP contribution is 2.33. The fraction of sp³-hybridized carbons (Fsp3) is 0.222. The highest BCUT2D eigenvalue weighted by molar-refractivity contribution is 5.99. The molecule has 0 radical (unpaired) electrons. The predicted octanol–water partition coefficient (Wildman–Crippen LogP) is 1.98. The van der Waals surface area contributed by atoms with E-state index in [1.54, 1.807) is 0 Å². The van der Waals surface area contributed by atoms with E-state index >= 15 is 0 Å². The van der Waals surface area contributed by atoms with E-state index in [0.717, 1.165) is 19.1 Å². The Labute approximate surface area is 94.1 Å². The number of carbonyl (C=O) groups is 1. The Morgan fingerprint density at radius 1 is 1.53 bits per heavy atom. The summed E-state index contributed by atoms with van der Waals surface area (Å²) in [7, 11) is 0. The molecule has 0 saturated heterocycles. The van der Waals surface area contributed by atoms with Gasteiger partial charge in [0.2, 0.25) is 0 Å². The normalized spacial score (nSPS) is 10.4. The van der Waals surface area contributed by atoms with Gasteiger partial charge in [-0.25, -0.2) is 0 Å². The molecule has 0 heterocycles. The molecule has 17 heavy (non-hydrogen) atoms. The van der Waals surface area contributed by atoms with Gasteiger partial charge in [0.25, 0.3) is 5.69 Å². The average Bonchev–Trinajstić information content (AvgIpc) is 2.19. The number of nitrogens with two attached hydrogens (primary N) is 1. The zero-order valence-electron chi connectivity index (χ0n) is 8.65. The van der Waals surface area contributed by atoms with Gasteiger partial charge in [0.15, 0.2) is 11.5 Å². The summed E-state index contributed by atoms with van der Waals surface area (Å²) in [6, 6.07) is 1.69. The molecule has 0 aliphatic heterocycles. The molecule has 0 spiro atoms. The van der Waals surface area contributed by atoms with Crippen LogP contribution in [0.15, 0.2) is 12.1 Å². The number of nitro benzene ring substituents is 1. The summed E-state index contributed by atoms with van der Waals surface area (Å²) in [5.74, 6) is -1.20. The lowest BCUT2D eigenvalue weighted by Gasteiger charge is -2.11. The molecule has 0 fully saturated rings. The third-order valence-electron chi connectivity index (χ3n) is 1.90. The minimum Gasteiger partial charge on any atom is -0.432 e. The van der Waals surface area contributed by atoms with Gasteiger partial charge in [-0.15, -0.1) is 0 Å². The van der Waals surface area contributed by atoms with Crippen molar-refractivity contribution in [3.63, 3.8) is 0 Å². The summed E-state index contributed by atoms with van der Waals surface area (Å²) in [5, 5.41) is 10.5. The van der Waals surface area contributed by atoms with Crippen LogP contribution in [0.2, 0.25) is 0 Å². The van der Waals surface area contributed by atoms with Crippen LogP contribution in [-0.2, 0) is 0 Å². The molecule has 0 bridgehead atoms. The van der Waals surface area contributed by atoms with Gasteiger partial charge in [-0.1, -0.05) is 0 Å². The number of hydrogen-bond acceptors (Lipinski definition) is 5. The van der Waals surface area contributed by atoms with Crippen LogP contribution in [0.1, 0.15) is 17.3 Å². The van der Waals surface area contributed by atoms with E-state index in [2.05, 4.69) is 4.74 Å². The lowest BCUT2D eigenvalue weighted by molar-refractivity contribution is -0.384. The molecule has 0 amide bonds. The third kappa shape index (κ3) is 2.86. The molecule has 0 saturated carbocycles. The molecule has 0 aromatic heterocycles. The lowest BCUT2D eigenvalue weighted by atomic mass is 10.1. The number of Topliss-reactive ketones (excluding diaryl/α,β-unsaturated/α-hetero) is 1. The average molecular weight is 246 g/mol. The van der Waals surface area contributed by atoms with E-state index in [4.69, 9.17) is 5.73 Å². The summed E-state index contributed by atoms with van der Waals surface area (Å²) in [5.41, 5.74) is 4.13. The number of carbonyl (C=O) groups excluding carboxylic acids is 1. The molecule has 0 aliphatic carbocycles. The summed E-state index contributed by atoms with van der Waals surface area (Å²) < 4.78 is 28.2. The molecule has 1 aromatic rings. The monoisotopic (exact) mass is 246 g/mol. The second-order valence-corrected chi connectivity index (χ2v) is 3.10. The molecular weight excluding hydrogens is 238 g/mol. The fourth-order valence-electron chi connectivity index (χ4n) is 1.22. The molecular formula is C9H8F2N2O4. The fourth-order valence-corrected chi connectivity index (χ4v) is 1.22. The highest BCUT2D eigenvalue weighted by atomic mass is 19.3. The van der Waals surface area contributed by atoms with Crippen LogP contribution in [0, 0.1) is 10.1 Å². The van der Waals surface area contributed by atoms with Gasteiger partial charge in [0.1, 0.15) is 0 Å². The maximum atomic E-state index is 12.1. The zero-order chi connectivity index (χ0) is 13.2. The first-order valence-electron chi connectivity index (χ1n) is 4.36. The Morgan fingerprint density at radius 3 is 2.53 bits per heavy atom. The van der Waals surface area contributed by atoms with Gasteiger partial charge in [-0.2, -0.15) is 8.78 Å². The first-order chi connectivity index (χ1) is 7.82. The highest BCUT2D eigenvalue weighted by Gasteiger charge is 2.21. The van der Waals surface area contributed by atoms with E-state index in [0.29, 0.717) is 0 Å². The number of ether oxygens (including phenoxy) is 1. The number of nitrogens with zero attached hydrogens (tertiary/aromatic N) is 1. The smallest absolute Gasteiger partial charge is 0.387 e. The van der Waals surface area contributed by atoms with Crippen molar-refractivity contribution in [3.8, 4) is 5.75 Å². The Hall–Kier alpha value is -2.25. The van der Waals surface area contributed by atoms with Crippen molar-refractivity contribution in [2.45, 2.75) is 13.5 Å². The molecule has 1 rings (SSSR count). The minimum absolute atomic E-state index is 0.350. The molecule has 6 nitrogen and oxygen atoms in total. The van der Waals surface area contributed by atoms with E-state index < -0.39 is 28.8 Å². The summed E-state index contributed by atoms with van der Waals surface area (Å²) >= 11 is 0. The Kier molecular flexibility index (Phi) is 3.56. The van der Waals surface area contributed by atoms with Gasteiger partial charge in [-0.3, -0.25) is 14.9 Å². The van der Waals surface area contributed by atoms with Crippen molar-refractivity contribution < 1.29 is 23.2 Å². The molecule has 1 aromatic carbocycles. The summed E-state index contributed by atoms with van der Waals surface area (Å²) in [6.07, 6.45) is 0. The quantitative estimate of drug-likeness (QED) is 0.379. The minimum atomic E-state index is -3.17. The van der Waals surface area contributed by atoms with Gasteiger partial charge < -0.3 is 10.5 Å². The molecule has 0 unspecified atom stereocenters. The van der Waals surface area contributed by atoms with Crippen LogP contribution in [0.4, 0.5) is 20.2 Å². The summed E-state index contributed by atoms with van der Waals surface area (Å²) in [6.45, 7) is -2.10. The van der Waals surface area contributed by atoms with Crippen LogP contribution >= 0.6 is 0 Å². The van der Waals surface area contributed by atoms with Crippen molar-refractivity contribution in [1.29, 1.82) is 0 Å². The van der Waals surface area contributed by atoms with E-state index in [1.165, 1.54) is 0 Å². The standard InChI is InChI=1S/C9H8F2N2O4/c1-4(14)6-2-5(13(15)16)3-7(12)8(6)17-9(10)11/h2-3,9H,12H2,1H3. The zero-order valence-corrected chi connectivity index (χ0v) is 8.65. The number of anilines is 1. The van der Waals surface area contributed by atoms with Crippen LogP contribution in [0.5, 0.6) is 5.75 Å². The van der Waals surface area contributed by atoms with Gasteiger partial charge in [-0.05, 0) is 6.92 Å². The van der Waals surface area contributed by atoms with Crippen molar-refractivity contribution >= 4 is 17.2 Å². The van der Waals surface area contributed by atoms with Gasteiger partial charge >= 0.3 is 6.61 Å². The number of nitrogen functional groups attached to an aromatic ring is 1. The van der Waals surface area contributed by atoms with Crippen LogP contribution in [-0.4, -0.2) is 17.3 Å². The number of non-ortho nitro benzene ring substituents is 1. The number of rotatable bonds is 4. The third-order valence-corrected chi connectivity index (χ3v) is 1.90. The van der Waals surface area contributed by atoms with Crippen molar-refractivity contribution in [3.05, 3.63) is 27.8 Å². The SMILES string of the molecule is CC(=O)c1cc([N+](=O)[O-])cc(N)c1OC(F)F. The Bertz CT molecular complexity index is 476. The predicted molar refractivity (Wildman–Crippen MR) is 54.1 cm³/mol. The van der Waals surface area contributed by atoms with Crippen LogP contribution < -0.4 is 10.5 Å². The van der Waals surface area contributed by atoms with Crippen molar-refractivity contribution in [1.82, 2.24) is 0 Å². The topological polar surface area (TPSA) is 95.5 Å². The first-order valence-corrected chi connectivity index (χ1v) is 4.36. The van der Waals surface area contributed by atoms with E-state index in [9.17, 15) is 23.7 Å². The Balaban J connectivity index is 3.38.